The molecular formula is C22H22N4O5. The van der Waals surface area contributed by atoms with Crippen molar-refractivity contribution in [2.45, 2.75) is 37.6 Å². The van der Waals surface area contributed by atoms with Gasteiger partial charge in [0.2, 0.25) is 17.1 Å². The molecule has 2 aliphatic heterocycles. The van der Waals surface area contributed by atoms with E-state index in [0.29, 0.717) is 35.7 Å². The van der Waals surface area contributed by atoms with Crippen LogP contribution in [0.5, 0.6) is 17.2 Å². The van der Waals surface area contributed by atoms with Gasteiger partial charge in [-0.25, -0.2) is 0 Å². The van der Waals surface area contributed by atoms with Crippen molar-refractivity contribution in [2.24, 2.45) is 16.7 Å². The third kappa shape index (κ3) is 2.34. The second kappa shape index (κ2) is 7.04. The molecule has 2 bridgehead atoms. The highest BCUT2D eigenvalue weighted by Gasteiger charge is 2.80. The van der Waals surface area contributed by atoms with E-state index in [9.17, 15) is 15.8 Å². The van der Waals surface area contributed by atoms with Crippen LogP contribution in [0.3, 0.4) is 0 Å². The summed E-state index contributed by atoms with van der Waals surface area (Å²) in [5, 5.41) is 39.6. The highest BCUT2D eigenvalue weighted by Crippen LogP contribution is 2.70. The van der Waals surface area contributed by atoms with E-state index >= 15 is 0 Å². The van der Waals surface area contributed by atoms with Gasteiger partial charge in [-0.3, -0.25) is 5.41 Å². The Morgan fingerprint density at radius 3 is 2.19 bits per heavy atom. The van der Waals surface area contributed by atoms with Gasteiger partial charge in [0.1, 0.15) is 11.9 Å². The van der Waals surface area contributed by atoms with E-state index in [-0.39, 0.29) is 5.90 Å². The number of hydrogen-bond acceptors (Lipinski definition) is 9. The number of hydrogen-bond donors (Lipinski definition) is 1. The van der Waals surface area contributed by atoms with E-state index in [0.717, 1.165) is 12.8 Å². The van der Waals surface area contributed by atoms with Gasteiger partial charge in [-0.05, 0) is 18.9 Å². The van der Waals surface area contributed by atoms with Gasteiger partial charge < -0.3 is 23.7 Å². The lowest BCUT2D eigenvalue weighted by Crippen LogP contribution is -2.60. The molecule has 160 valence electrons. The molecule has 0 radical (unpaired) electrons. The van der Waals surface area contributed by atoms with E-state index in [2.05, 4.69) is 18.2 Å². The number of nitrogens with one attached hydrogen (secondary N) is 1. The molecule has 4 unspecified atom stereocenters. The first-order chi connectivity index (χ1) is 14.9. The zero-order valence-electron chi connectivity index (χ0n) is 17.5. The van der Waals surface area contributed by atoms with E-state index in [1.54, 1.807) is 12.1 Å². The van der Waals surface area contributed by atoms with Crippen molar-refractivity contribution in [1.29, 1.82) is 21.2 Å². The van der Waals surface area contributed by atoms with Gasteiger partial charge in [-0.15, -0.1) is 0 Å². The van der Waals surface area contributed by atoms with Gasteiger partial charge in [-0.2, -0.15) is 15.8 Å². The molecule has 0 amide bonds. The summed E-state index contributed by atoms with van der Waals surface area (Å²) in [4.78, 5) is 0. The van der Waals surface area contributed by atoms with Crippen molar-refractivity contribution >= 4 is 5.90 Å². The Kier molecular flexibility index (Phi) is 4.72. The van der Waals surface area contributed by atoms with Crippen LogP contribution in [0.15, 0.2) is 12.1 Å². The molecule has 31 heavy (non-hydrogen) atoms. The molecule has 1 aromatic carbocycles. The third-order valence-corrected chi connectivity index (χ3v) is 6.83. The molecule has 9 heteroatoms. The average molecular weight is 422 g/mol. The van der Waals surface area contributed by atoms with E-state index in [4.69, 9.17) is 29.1 Å². The number of ether oxygens (including phenoxy) is 5. The molecule has 0 spiro atoms. The van der Waals surface area contributed by atoms with E-state index in [1.165, 1.54) is 21.3 Å². The zero-order valence-corrected chi connectivity index (χ0v) is 17.5. The Morgan fingerprint density at radius 1 is 0.968 bits per heavy atom. The van der Waals surface area contributed by atoms with Crippen molar-refractivity contribution < 1.29 is 23.7 Å². The normalized spacial score (nSPS) is 32.5. The maximum absolute atomic E-state index is 10.3. The number of nitriles is 3. The summed E-state index contributed by atoms with van der Waals surface area (Å²) < 4.78 is 28.6. The van der Waals surface area contributed by atoms with Crippen LogP contribution < -0.4 is 14.2 Å². The summed E-state index contributed by atoms with van der Waals surface area (Å²) in [5.41, 5.74) is -3.45. The summed E-state index contributed by atoms with van der Waals surface area (Å²) in [6, 6.07) is 9.43. The number of rotatable bonds is 4. The van der Waals surface area contributed by atoms with Crippen molar-refractivity contribution in [3.63, 3.8) is 0 Å². The second-order valence-corrected chi connectivity index (χ2v) is 7.94. The fourth-order valence-electron chi connectivity index (χ4n) is 5.40. The molecule has 4 rings (SSSR count). The van der Waals surface area contributed by atoms with Crippen molar-refractivity contribution in [2.75, 3.05) is 21.3 Å². The van der Waals surface area contributed by atoms with Gasteiger partial charge in [0.25, 0.3) is 0 Å². The van der Waals surface area contributed by atoms with Gasteiger partial charge in [-0.1, -0.05) is 6.42 Å². The number of methoxy groups -OCH3 is 3. The molecule has 4 atom stereocenters. The maximum Gasteiger partial charge on any atom is 0.217 e. The van der Waals surface area contributed by atoms with E-state index in [1.807, 2.05) is 0 Å². The largest absolute Gasteiger partial charge is 0.496 e. The molecule has 9 nitrogen and oxygen atoms in total. The summed E-state index contributed by atoms with van der Waals surface area (Å²) >= 11 is 0. The number of benzene rings is 1. The summed E-state index contributed by atoms with van der Waals surface area (Å²) in [6.45, 7) is 0. The first kappa shape index (κ1) is 20.8. The monoisotopic (exact) mass is 422 g/mol. The molecule has 1 aliphatic carbocycles. The minimum absolute atomic E-state index is 0.308. The van der Waals surface area contributed by atoms with Crippen LogP contribution in [0.4, 0.5) is 0 Å². The molecule has 2 saturated heterocycles. The van der Waals surface area contributed by atoms with Gasteiger partial charge in [0, 0.05) is 18.1 Å². The van der Waals surface area contributed by atoms with E-state index < -0.39 is 28.6 Å². The van der Waals surface area contributed by atoms with Crippen molar-refractivity contribution in [3.8, 4) is 35.5 Å². The van der Waals surface area contributed by atoms with Crippen LogP contribution in [0.1, 0.15) is 37.4 Å². The van der Waals surface area contributed by atoms with Crippen LogP contribution in [0.25, 0.3) is 0 Å². The highest BCUT2D eigenvalue weighted by molar-refractivity contribution is 5.89. The predicted molar refractivity (Wildman–Crippen MR) is 105 cm³/mol. The van der Waals surface area contributed by atoms with Crippen LogP contribution >= 0.6 is 0 Å². The summed E-state index contributed by atoms with van der Waals surface area (Å²) in [5.74, 6) is -1.16. The summed E-state index contributed by atoms with van der Waals surface area (Å²) in [6.07, 6.45) is 1.36. The Morgan fingerprint density at radius 2 is 1.61 bits per heavy atom. The third-order valence-electron chi connectivity index (χ3n) is 6.83. The Balaban J connectivity index is 2.03. The fourth-order valence-corrected chi connectivity index (χ4v) is 5.40. The van der Waals surface area contributed by atoms with Gasteiger partial charge in [0.15, 0.2) is 16.9 Å². The second-order valence-electron chi connectivity index (χ2n) is 7.94. The smallest absolute Gasteiger partial charge is 0.217 e. The Hall–Kier alpha value is -3.48. The van der Waals surface area contributed by atoms with Crippen LogP contribution in [-0.4, -0.2) is 33.0 Å². The highest BCUT2D eigenvalue weighted by atomic mass is 16.7. The standard InChI is InChI=1S/C22H22N4O5/c1-27-14-9-16(29-3)15(28-2)8-13(14)18-20(10-23,11-24)21(12-25)17-6-4-5-7-22(17,30-18)31-19(21)26/h8-9,17-18,26H,4-7H2,1-3H3. The first-order valence-corrected chi connectivity index (χ1v) is 9.93. The molecule has 3 aliphatic rings. The Labute approximate surface area is 180 Å². The molecule has 1 saturated carbocycles. The molecule has 0 aromatic heterocycles. The Bertz CT molecular complexity index is 1050. The predicted octanol–water partition coefficient (Wildman–Crippen LogP) is 3.22. The van der Waals surface area contributed by atoms with Gasteiger partial charge >= 0.3 is 0 Å². The lowest BCUT2D eigenvalue weighted by molar-refractivity contribution is -0.294. The maximum atomic E-state index is 10.3. The molecular weight excluding hydrogens is 400 g/mol. The molecule has 1 aromatic rings. The number of nitrogens with zero attached hydrogens (tertiary/aromatic N) is 3. The lowest BCUT2D eigenvalue weighted by Gasteiger charge is -2.51. The van der Waals surface area contributed by atoms with Crippen LogP contribution in [-0.2, 0) is 9.47 Å². The van der Waals surface area contributed by atoms with Gasteiger partial charge in [0.05, 0.1) is 45.5 Å². The lowest BCUT2D eigenvalue weighted by atomic mass is 9.51. The molecule has 3 fully saturated rings. The molecule has 1 N–H and O–H groups in total. The van der Waals surface area contributed by atoms with Crippen LogP contribution in [0, 0.1) is 56.2 Å². The first-order valence-electron chi connectivity index (χ1n) is 9.93. The SMILES string of the molecule is COc1cc(OC)c(C2OC34CCCCC3C(C#N)(C(=N)O4)C2(C#N)C#N)cc1OC. The van der Waals surface area contributed by atoms with Crippen LogP contribution in [0.2, 0.25) is 0 Å². The summed E-state index contributed by atoms with van der Waals surface area (Å²) in [7, 11) is 4.39. The van der Waals surface area contributed by atoms with Crippen molar-refractivity contribution in [1.82, 2.24) is 0 Å². The van der Waals surface area contributed by atoms with Crippen molar-refractivity contribution in [3.05, 3.63) is 17.7 Å². The fraction of sp³-hybridized carbons (Fsp3) is 0.545. The topological polar surface area (TPSA) is 141 Å². The minimum Gasteiger partial charge on any atom is -0.496 e. The quantitative estimate of drug-likeness (QED) is 0.779. The average Bonchev–Trinajstić information content (AvgIpc) is 3.02. The minimum atomic E-state index is -2.03. The zero-order chi connectivity index (χ0) is 22.4. The molecule has 2 heterocycles.